The molecule has 1 amide bonds. The van der Waals surface area contributed by atoms with E-state index in [-0.39, 0.29) is 5.91 Å². The summed E-state index contributed by atoms with van der Waals surface area (Å²) in [6, 6.07) is 36.2. The van der Waals surface area contributed by atoms with Crippen LogP contribution in [0.25, 0.3) is 0 Å². The highest BCUT2D eigenvalue weighted by Gasteiger charge is 2.48. The Morgan fingerprint density at radius 2 is 1.30 bits per heavy atom. The molecular formula is C35H41N2O5P+2. The zero-order valence-corrected chi connectivity index (χ0v) is 25.2. The third-order valence-electron chi connectivity index (χ3n) is 8.19. The minimum Gasteiger partial charge on any atom is -0.394 e. The lowest BCUT2D eigenvalue weighted by molar-refractivity contribution is -0.765. The van der Waals surface area contributed by atoms with Gasteiger partial charge in [0, 0.05) is 12.6 Å². The van der Waals surface area contributed by atoms with Crippen molar-refractivity contribution in [3.05, 3.63) is 121 Å². The first-order chi connectivity index (χ1) is 21.0. The highest BCUT2D eigenvalue weighted by molar-refractivity contribution is 7.95. The van der Waals surface area contributed by atoms with Gasteiger partial charge in [-0.05, 0) is 61.7 Å². The van der Waals surface area contributed by atoms with Crippen LogP contribution in [0, 0.1) is 0 Å². The Kier molecular flexibility index (Phi) is 10.7. The summed E-state index contributed by atoms with van der Waals surface area (Å²) >= 11 is 0. The van der Waals surface area contributed by atoms with E-state index >= 15 is 0 Å². The molecule has 3 aromatic carbocycles. The van der Waals surface area contributed by atoms with Crippen molar-refractivity contribution in [2.24, 2.45) is 0 Å². The van der Waals surface area contributed by atoms with Crippen LogP contribution in [0.1, 0.15) is 42.3 Å². The second-order valence-electron chi connectivity index (χ2n) is 11.0. The normalized spacial score (nSPS) is 20.2. The molecule has 2 heterocycles. The van der Waals surface area contributed by atoms with Gasteiger partial charge >= 0.3 is 0 Å². The van der Waals surface area contributed by atoms with Crippen LogP contribution in [0.15, 0.2) is 116 Å². The number of carbonyl (C=O) groups excluding carboxylic acids is 1. The molecule has 1 aromatic heterocycles. The van der Waals surface area contributed by atoms with Crippen molar-refractivity contribution in [1.29, 1.82) is 0 Å². The van der Waals surface area contributed by atoms with Crippen molar-refractivity contribution in [2.45, 2.75) is 50.2 Å². The second kappa shape index (κ2) is 14.8. The predicted molar refractivity (Wildman–Crippen MR) is 170 cm³/mol. The van der Waals surface area contributed by atoms with Gasteiger partial charge in [0.05, 0.1) is 12.8 Å². The summed E-state index contributed by atoms with van der Waals surface area (Å²) in [5.41, 5.74) is 0.434. The van der Waals surface area contributed by atoms with E-state index < -0.39 is 38.4 Å². The largest absolute Gasteiger partial charge is 0.394 e. The number of aliphatic hydroxyl groups excluding tert-OH is 3. The maximum absolute atomic E-state index is 12.9. The van der Waals surface area contributed by atoms with Crippen molar-refractivity contribution >= 4 is 29.1 Å². The molecule has 4 N–H and O–H groups in total. The van der Waals surface area contributed by atoms with Gasteiger partial charge in [-0.3, -0.25) is 4.79 Å². The van der Waals surface area contributed by atoms with Crippen molar-refractivity contribution in [3.63, 3.8) is 0 Å². The number of nitrogens with zero attached hydrogens (tertiary/aromatic N) is 1. The number of hydrogen-bond acceptors (Lipinski definition) is 5. The van der Waals surface area contributed by atoms with Crippen LogP contribution in [0.3, 0.4) is 0 Å². The number of hydrogen-bond donors (Lipinski definition) is 4. The fourth-order valence-electron chi connectivity index (χ4n) is 5.93. The SMILES string of the molecule is O=C(NCCCCCC[P+](c1ccccc1)(c1ccccc1)c1ccccc1)c1ccc[n+]([C@@H]2O[C@H](CO)[C@@H](O)[C@H]2O)c1. The van der Waals surface area contributed by atoms with Crippen LogP contribution < -0.4 is 25.8 Å². The van der Waals surface area contributed by atoms with E-state index in [4.69, 9.17) is 4.74 Å². The summed E-state index contributed by atoms with van der Waals surface area (Å²) < 4.78 is 7.14. The molecule has 0 radical (unpaired) electrons. The Labute approximate surface area is 254 Å². The molecule has 0 bridgehead atoms. The summed E-state index contributed by atoms with van der Waals surface area (Å²) in [5.74, 6) is -0.205. The topological polar surface area (TPSA) is 103 Å². The predicted octanol–water partition coefficient (Wildman–Crippen LogP) is 2.87. The number of nitrogens with one attached hydrogen (secondary N) is 1. The van der Waals surface area contributed by atoms with Crippen LogP contribution in [0.2, 0.25) is 0 Å². The van der Waals surface area contributed by atoms with Crippen LogP contribution >= 0.6 is 7.26 Å². The Bertz CT molecular complexity index is 1340. The first-order valence-electron chi connectivity index (χ1n) is 15.0. The Morgan fingerprint density at radius 3 is 1.84 bits per heavy atom. The average Bonchev–Trinajstić information content (AvgIpc) is 3.36. The summed E-state index contributed by atoms with van der Waals surface area (Å²) in [4.78, 5) is 12.9. The molecule has 5 rings (SSSR count). The molecule has 7 nitrogen and oxygen atoms in total. The average molecular weight is 601 g/mol. The lowest BCUT2D eigenvalue weighted by Gasteiger charge is -2.27. The van der Waals surface area contributed by atoms with E-state index in [1.54, 1.807) is 29.1 Å². The number of aromatic nitrogens is 1. The summed E-state index contributed by atoms with van der Waals surface area (Å²) in [7, 11) is -1.82. The maximum Gasteiger partial charge on any atom is 0.292 e. The number of rotatable bonds is 13. The first kappa shape index (κ1) is 31.0. The van der Waals surface area contributed by atoms with E-state index in [1.165, 1.54) is 15.9 Å². The van der Waals surface area contributed by atoms with Crippen molar-refractivity contribution in [3.8, 4) is 0 Å². The number of pyridine rings is 1. The summed E-state index contributed by atoms with van der Waals surface area (Å²) in [6.45, 7) is 0.168. The summed E-state index contributed by atoms with van der Waals surface area (Å²) in [6.07, 6.45) is 4.25. The third-order valence-corrected chi connectivity index (χ3v) is 12.7. The second-order valence-corrected chi connectivity index (χ2v) is 14.6. The molecule has 1 aliphatic heterocycles. The molecular weight excluding hydrogens is 559 g/mol. The lowest BCUT2D eigenvalue weighted by Crippen LogP contribution is -2.46. The number of unbranched alkanes of at least 4 members (excludes halogenated alkanes) is 3. The van der Waals surface area contributed by atoms with Crippen LogP contribution in [0.4, 0.5) is 0 Å². The van der Waals surface area contributed by atoms with E-state index in [2.05, 4.69) is 96.3 Å². The molecule has 0 spiro atoms. The maximum atomic E-state index is 12.9. The highest BCUT2D eigenvalue weighted by Crippen LogP contribution is 2.56. The third kappa shape index (κ3) is 7.04. The molecule has 4 aromatic rings. The number of benzene rings is 3. The minimum atomic E-state index is -1.82. The Morgan fingerprint density at radius 1 is 0.744 bits per heavy atom. The van der Waals surface area contributed by atoms with Gasteiger partial charge in [0.2, 0.25) is 0 Å². The van der Waals surface area contributed by atoms with E-state index in [1.807, 2.05) is 0 Å². The lowest BCUT2D eigenvalue weighted by atomic mass is 10.1. The Hall–Kier alpha value is -3.45. The van der Waals surface area contributed by atoms with Gasteiger partial charge < -0.3 is 25.4 Å². The van der Waals surface area contributed by atoms with Crippen molar-refractivity contribution in [2.75, 3.05) is 19.3 Å². The molecule has 4 atom stereocenters. The number of aliphatic hydroxyl groups is 3. The van der Waals surface area contributed by atoms with E-state index in [0.29, 0.717) is 12.1 Å². The molecule has 1 saturated heterocycles. The number of amides is 1. The van der Waals surface area contributed by atoms with Crippen LogP contribution in [-0.2, 0) is 4.74 Å². The zero-order valence-electron chi connectivity index (χ0n) is 24.3. The van der Waals surface area contributed by atoms with Gasteiger partial charge in [-0.15, -0.1) is 0 Å². The van der Waals surface area contributed by atoms with Gasteiger partial charge in [0.15, 0.2) is 18.5 Å². The number of ether oxygens (including phenoxy) is 1. The van der Waals surface area contributed by atoms with E-state index in [9.17, 15) is 20.1 Å². The fourth-order valence-corrected chi connectivity index (χ4v) is 10.3. The molecule has 8 heteroatoms. The zero-order chi connectivity index (χ0) is 30.1. The standard InChI is InChI=1S/C35H40N2O5P/c38-26-31-32(39)33(40)35(42-31)37-23-14-15-27(25-37)34(41)36-22-12-1-2-13-24-43(28-16-6-3-7-17-28,29-18-8-4-9-19-29)30-20-10-5-11-21-30/h3-11,14-21,23,25,31-33,35,38-40H,1-2,12-13,22,24,26H2/q+1/p+1/t31-,32-,33-,35-/m1/s1. The van der Waals surface area contributed by atoms with Gasteiger partial charge in [-0.25, -0.2) is 0 Å². The molecule has 224 valence electrons. The van der Waals surface area contributed by atoms with Crippen LogP contribution in [0.5, 0.6) is 0 Å². The van der Waals surface area contributed by atoms with E-state index in [0.717, 1.165) is 31.8 Å². The van der Waals surface area contributed by atoms with Crippen molar-refractivity contribution < 1.29 is 29.4 Å². The Balaban J connectivity index is 1.17. The molecule has 0 unspecified atom stereocenters. The first-order valence-corrected chi connectivity index (χ1v) is 17.0. The van der Waals surface area contributed by atoms with Gasteiger partial charge in [-0.1, -0.05) is 61.0 Å². The van der Waals surface area contributed by atoms with Gasteiger partial charge in [-0.2, -0.15) is 4.57 Å². The fraction of sp³-hybridized carbons (Fsp3) is 0.314. The highest BCUT2D eigenvalue weighted by atomic mass is 31.2. The minimum absolute atomic E-state index is 0.205. The molecule has 1 aliphatic rings. The molecule has 1 fully saturated rings. The van der Waals surface area contributed by atoms with Gasteiger partial charge in [0.25, 0.3) is 12.1 Å². The summed E-state index contributed by atoms with van der Waals surface area (Å²) in [5, 5.41) is 37.0. The number of carbonyl (C=O) groups is 1. The quantitative estimate of drug-likeness (QED) is 0.107. The van der Waals surface area contributed by atoms with Crippen molar-refractivity contribution in [1.82, 2.24) is 5.32 Å². The van der Waals surface area contributed by atoms with Crippen LogP contribution in [-0.4, -0.2) is 58.9 Å². The molecule has 43 heavy (non-hydrogen) atoms. The smallest absolute Gasteiger partial charge is 0.292 e. The van der Waals surface area contributed by atoms with Gasteiger partial charge in [0.1, 0.15) is 40.9 Å². The molecule has 0 saturated carbocycles. The monoisotopic (exact) mass is 600 g/mol. The molecule has 0 aliphatic carbocycles.